The molecule has 0 aliphatic carbocycles. The fraction of sp³-hybridized carbons (Fsp3) is 0.724. The van der Waals surface area contributed by atoms with E-state index in [0.717, 1.165) is 18.9 Å². The lowest BCUT2D eigenvalue weighted by Crippen LogP contribution is -2.36. The Hall–Kier alpha value is -4.84. The summed E-state index contributed by atoms with van der Waals surface area (Å²) in [5, 5.41) is 27.6. The van der Waals surface area contributed by atoms with E-state index < -0.39 is 0 Å². The van der Waals surface area contributed by atoms with E-state index in [1.807, 2.05) is 11.8 Å². The molecular formula is C29H68N14O5. The first-order valence-corrected chi connectivity index (χ1v) is 15.0. The number of hydrogen-bond donors (Lipinski definition) is 9. The number of nitrogens with two attached hydrogens (primary N) is 6. The van der Waals surface area contributed by atoms with E-state index in [-0.39, 0.29) is 23.4 Å². The molecule has 2 unspecified atom stereocenters. The number of oxime groups is 2. The van der Waals surface area contributed by atoms with Gasteiger partial charge in [0.1, 0.15) is 36.2 Å². The van der Waals surface area contributed by atoms with Crippen LogP contribution < -0.4 is 39.9 Å². The highest BCUT2D eigenvalue weighted by Gasteiger charge is 2.26. The number of carbonyl (C=O) groups is 3. The van der Waals surface area contributed by atoms with E-state index in [9.17, 15) is 14.4 Å². The number of hydrazone groups is 2. The molecule has 284 valence electrons. The fourth-order valence-electron chi connectivity index (χ4n) is 3.21. The van der Waals surface area contributed by atoms with Crippen molar-refractivity contribution in [2.75, 3.05) is 27.2 Å². The van der Waals surface area contributed by atoms with E-state index >= 15 is 0 Å². The van der Waals surface area contributed by atoms with Gasteiger partial charge in [0.05, 0.1) is 5.84 Å². The number of likely N-dealkylation sites (tertiary alicyclic amines) is 2. The summed E-state index contributed by atoms with van der Waals surface area (Å²) in [7, 11) is 3.16. The lowest BCUT2D eigenvalue weighted by Gasteiger charge is -2.26. The average Bonchev–Trinajstić information content (AvgIpc) is 3.60. The van der Waals surface area contributed by atoms with Crippen LogP contribution in [0.4, 0.5) is 0 Å². The van der Waals surface area contributed by atoms with E-state index in [1.165, 1.54) is 60.5 Å². The topological polar surface area (TPSA) is 329 Å². The molecule has 0 aromatic carbocycles. The van der Waals surface area contributed by atoms with Crippen molar-refractivity contribution in [3.63, 3.8) is 0 Å². The standard InChI is InChI=1S/C8H16N2.C6H11NO.C3H9N3.C3H8N2O.C3H6O.C2H7N3.C2H6N2O.C2H5NO/c1-6-4-5-7(2)10(6)8(3)9;1-6(8)7-4-2-3-5-7;1-3(4)6-5-2;1-3(4)5-6-2;1-3(2)4;1-2(3)5-4;1-2(3)4-5;1-2(3)4/h6-7,9H,4-5H2,1-3H3;2-5H2,1H3;5H,1-2H3,(H2,4,6);1-2H3,(H2,4,5);1-2H3;4H2,1H3,(H2,3,5);5H,1H3,(H2,3,4);1H3,(H2,3,4). The second-order valence-electron chi connectivity index (χ2n) is 10.4. The summed E-state index contributed by atoms with van der Waals surface area (Å²) in [6.45, 7) is 20.7. The van der Waals surface area contributed by atoms with Gasteiger partial charge in [-0.3, -0.25) is 15.0 Å². The van der Waals surface area contributed by atoms with Crippen LogP contribution >= 0.6 is 0 Å². The predicted molar refractivity (Wildman–Crippen MR) is 197 cm³/mol. The van der Waals surface area contributed by atoms with Crippen molar-refractivity contribution in [1.82, 2.24) is 15.2 Å². The molecule has 2 aliphatic heterocycles. The Balaban J connectivity index is -0.000000107. The van der Waals surface area contributed by atoms with Gasteiger partial charge < -0.3 is 64.6 Å². The molecule has 0 radical (unpaired) electrons. The maximum absolute atomic E-state index is 10.6. The van der Waals surface area contributed by atoms with Crippen molar-refractivity contribution < 1.29 is 24.4 Å². The van der Waals surface area contributed by atoms with Crippen molar-refractivity contribution in [3.05, 3.63) is 0 Å². The highest BCUT2D eigenvalue weighted by atomic mass is 16.6. The molecule has 2 fully saturated rings. The number of primary amides is 1. The summed E-state index contributed by atoms with van der Waals surface area (Å²) in [6.07, 6.45) is 4.88. The number of amides is 2. The zero-order valence-corrected chi connectivity index (χ0v) is 31.6. The minimum absolute atomic E-state index is 0.167. The highest BCUT2D eigenvalue weighted by molar-refractivity contribution is 5.78. The van der Waals surface area contributed by atoms with E-state index in [1.54, 1.807) is 34.7 Å². The summed E-state index contributed by atoms with van der Waals surface area (Å²) < 4.78 is 0. The Kier molecular flexibility index (Phi) is 44.4. The molecule has 2 aliphatic rings. The Morgan fingerprint density at radius 1 is 0.792 bits per heavy atom. The van der Waals surface area contributed by atoms with Gasteiger partial charge in [-0.05, 0) is 88.0 Å². The van der Waals surface area contributed by atoms with E-state index in [0.29, 0.717) is 29.6 Å². The van der Waals surface area contributed by atoms with Crippen LogP contribution in [0.3, 0.4) is 0 Å². The monoisotopic (exact) mass is 693 g/mol. The fourth-order valence-corrected chi connectivity index (χ4v) is 3.21. The number of carbonyl (C=O) groups excluding carboxylic acids is 3. The van der Waals surface area contributed by atoms with Crippen molar-refractivity contribution in [2.45, 2.75) is 114 Å². The number of nitrogens with one attached hydrogen (secondary N) is 2. The zero-order chi connectivity index (χ0) is 39.4. The van der Waals surface area contributed by atoms with Crippen LogP contribution in [0.1, 0.15) is 102 Å². The maximum atomic E-state index is 10.6. The highest BCUT2D eigenvalue weighted by Crippen LogP contribution is 2.22. The van der Waals surface area contributed by atoms with Gasteiger partial charge in [-0.15, -0.1) is 0 Å². The molecule has 0 aromatic heterocycles. The summed E-state index contributed by atoms with van der Waals surface area (Å²) in [5.74, 6) is 7.00. The molecule has 2 atom stereocenters. The van der Waals surface area contributed by atoms with Crippen molar-refractivity contribution in [1.29, 1.82) is 5.41 Å². The van der Waals surface area contributed by atoms with Crippen LogP contribution in [-0.2, 0) is 19.2 Å². The minimum atomic E-state index is -0.333. The van der Waals surface area contributed by atoms with Gasteiger partial charge in [0, 0.05) is 46.1 Å². The number of Topliss-reactive ketones (excluding diaryl/α,β-unsaturated/α-hetero) is 1. The second kappa shape index (κ2) is 38.3. The normalized spacial score (nSPS) is 16.4. The summed E-state index contributed by atoms with van der Waals surface area (Å²) >= 11 is 0. The van der Waals surface area contributed by atoms with Crippen LogP contribution in [-0.4, -0.2) is 101 Å². The SMILES string of the molecule is CC(=N)N1C(C)CCC1C.CC(=O)N1CCCC1.CC(C)=O.CC(N)=NN.CC(N)=NO.CC(N)=O.CNN=C(C)N.CON=C(C)N. The van der Waals surface area contributed by atoms with Crippen molar-refractivity contribution in [2.24, 2.45) is 55.0 Å². The average molecular weight is 693 g/mol. The number of rotatable bonds is 2. The largest absolute Gasteiger partial charge is 0.409 e. The molecule has 2 heterocycles. The van der Waals surface area contributed by atoms with E-state index in [2.05, 4.69) is 61.1 Å². The van der Waals surface area contributed by atoms with Crippen LogP contribution in [0.5, 0.6) is 0 Å². The molecular weight excluding hydrogens is 624 g/mol. The maximum Gasteiger partial charge on any atom is 0.219 e. The van der Waals surface area contributed by atoms with Crippen LogP contribution in [0.25, 0.3) is 0 Å². The Labute approximate surface area is 288 Å². The zero-order valence-electron chi connectivity index (χ0n) is 31.6. The second-order valence-corrected chi connectivity index (χ2v) is 10.4. The summed E-state index contributed by atoms with van der Waals surface area (Å²) in [4.78, 5) is 37.6. The van der Waals surface area contributed by atoms with Crippen molar-refractivity contribution in [3.8, 4) is 0 Å². The minimum Gasteiger partial charge on any atom is -0.409 e. The third-order valence-corrected chi connectivity index (χ3v) is 4.78. The molecule has 0 spiro atoms. The van der Waals surface area contributed by atoms with Gasteiger partial charge >= 0.3 is 0 Å². The number of nitrogens with zero attached hydrogens (tertiary/aromatic N) is 6. The van der Waals surface area contributed by atoms with Gasteiger partial charge in [0.25, 0.3) is 0 Å². The molecule has 0 saturated carbocycles. The predicted octanol–water partition coefficient (Wildman–Crippen LogP) is 0.985. The molecule has 2 amide bonds. The van der Waals surface area contributed by atoms with Crippen LogP contribution in [0.15, 0.2) is 20.5 Å². The van der Waals surface area contributed by atoms with Gasteiger partial charge in [0.2, 0.25) is 11.8 Å². The molecule has 19 nitrogen and oxygen atoms in total. The molecule has 19 heteroatoms. The third kappa shape index (κ3) is 60.4. The van der Waals surface area contributed by atoms with Gasteiger partial charge in [0.15, 0.2) is 0 Å². The van der Waals surface area contributed by atoms with E-state index in [4.69, 9.17) is 33.6 Å². The smallest absolute Gasteiger partial charge is 0.219 e. The Morgan fingerprint density at radius 3 is 1.21 bits per heavy atom. The third-order valence-electron chi connectivity index (χ3n) is 4.78. The number of hydrogen-bond acceptors (Lipinski definition) is 12. The first kappa shape index (κ1) is 55.6. The van der Waals surface area contributed by atoms with Crippen LogP contribution in [0, 0.1) is 5.41 Å². The first-order chi connectivity index (χ1) is 22.0. The molecule has 2 rings (SSSR count). The molecule has 48 heavy (non-hydrogen) atoms. The molecule has 15 N–H and O–H groups in total. The van der Waals surface area contributed by atoms with Gasteiger partial charge in [-0.1, -0.05) is 10.3 Å². The number of ketones is 1. The quantitative estimate of drug-likeness (QED) is 0.0643. The van der Waals surface area contributed by atoms with Crippen LogP contribution in [0.2, 0.25) is 0 Å². The molecule has 0 aromatic rings. The van der Waals surface area contributed by atoms with Crippen molar-refractivity contribution >= 4 is 46.8 Å². The molecule has 0 bridgehead atoms. The summed E-state index contributed by atoms with van der Waals surface area (Å²) in [6, 6.07) is 1.18. The lowest BCUT2D eigenvalue weighted by atomic mass is 10.2. The summed E-state index contributed by atoms with van der Waals surface area (Å²) in [5.41, 5.74) is 26.8. The lowest BCUT2D eigenvalue weighted by molar-refractivity contribution is -0.127. The first-order valence-electron chi connectivity index (χ1n) is 15.0. The van der Waals surface area contributed by atoms with Gasteiger partial charge in [-0.25, -0.2) is 0 Å². The Bertz CT molecular complexity index is 886. The Morgan fingerprint density at radius 2 is 1.12 bits per heavy atom. The number of amidine groups is 5. The molecule has 2 saturated heterocycles. The van der Waals surface area contributed by atoms with Gasteiger partial charge in [-0.2, -0.15) is 10.2 Å².